The summed E-state index contributed by atoms with van der Waals surface area (Å²) in [5.41, 5.74) is 1.83. The third kappa shape index (κ3) is 6.91. The quantitative estimate of drug-likeness (QED) is 0.444. The van der Waals surface area contributed by atoms with Crippen molar-refractivity contribution in [2.75, 3.05) is 43.9 Å². The van der Waals surface area contributed by atoms with Gasteiger partial charge in [-0.25, -0.2) is 4.79 Å². The highest BCUT2D eigenvalue weighted by Crippen LogP contribution is 2.35. The van der Waals surface area contributed by atoms with Crippen LogP contribution in [0.5, 0.6) is 5.75 Å². The molecule has 3 atom stereocenters. The number of aliphatic hydroxyl groups excluding tert-OH is 1. The molecule has 39 heavy (non-hydrogen) atoms. The minimum absolute atomic E-state index is 0.00547. The molecule has 10 heteroatoms. The lowest BCUT2D eigenvalue weighted by atomic mass is 9.89. The normalized spacial score (nSPS) is 21.1. The molecule has 3 amide bonds. The number of hydrogen-bond donors (Lipinski definition) is 3. The number of urea groups is 1. The number of ether oxygens (including phenoxy) is 1. The second-order valence-electron chi connectivity index (χ2n) is 11.3. The van der Waals surface area contributed by atoms with Crippen LogP contribution in [-0.4, -0.2) is 77.4 Å². The van der Waals surface area contributed by atoms with Crippen molar-refractivity contribution in [3.05, 3.63) is 35.2 Å². The number of nitrogens with one attached hydrogen (secondary N) is 2. The van der Waals surface area contributed by atoms with E-state index in [-0.39, 0.29) is 30.6 Å². The van der Waals surface area contributed by atoms with Gasteiger partial charge in [0, 0.05) is 25.6 Å². The third-order valence-electron chi connectivity index (χ3n) is 8.00. The number of aromatic nitrogens is 1. The van der Waals surface area contributed by atoms with Gasteiger partial charge in [-0.05, 0) is 58.7 Å². The number of benzene rings is 1. The van der Waals surface area contributed by atoms with E-state index in [2.05, 4.69) is 34.7 Å². The van der Waals surface area contributed by atoms with E-state index >= 15 is 0 Å². The van der Waals surface area contributed by atoms with Gasteiger partial charge in [0.25, 0.3) is 5.91 Å². The number of rotatable bonds is 8. The number of aryl methyl sites for hydroxylation is 2. The molecular weight excluding hydrogens is 498 g/mol. The molecule has 4 rings (SSSR count). The molecule has 1 saturated carbocycles. The smallest absolute Gasteiger partial charge is 0.323 e. The Labute approximate surface area is 231 Å². The summed E-state index contributed by atoms with van der Waals surface area (Å²) in [4.78, 5) is 30.7. The molecule has 1 aromatic heterocycles. The van der Waals surface area contributed by atoms with Gasteiger partial charge in [0.2, 0.25) is 0 Å². The lowest BCUT2D eigenvalue weighted by Crippen LogP contribution is -2.50. The molecule has 0 saturated heterocycles. The highest BCUT2D eigenvalue weighted by Gasteiger charge is 2.35. The van der Waals surface area contributed by atoms with Crippen LogP contribution >= 0.6 is 0 Å². The molecule has 214 valence electrons. The number of nitrogens with zero attached hydrogens (tertiary/aromatic N) is 3. The molecule has 0 radical (unpaired) electrons. The Balaban J connectivity index is 1.61. The molecule has 0 bridgehead atoms. The average Bonchev–Trinajstić information content (AvgIpc) is 3.23. The minimum Gasteiger partial charge on any atom is -0.486 e. The average molecular weight is 542 g/mol. The van der Waals surface area contributed by atoms with Crippen molar-refractivity contribution in [1.29, 1.82) is 0 Å². The van der Waals surface area contributed by atoms with E-state index in [1.54, 1.807) is 36.9 Å². The van der Waals surface area contributed by atoms with E-state index in [4.69, 9.17) is 9.26 Å². The minimum atomic E-state index is -0.490. The molecule has 0 unspecified atom stereocenters. The number of aliphatic hydroxyl groups is 1. The van der Waals surface area contributed by atoms with Gasteiger partial charge in [0.15, 0.2) is 11.5 Å². The summed E-state index contributed by atoms with van der Waals surface area (Å²) in [6.45, 7) is 9.41. The van der Waals surface area contributed by atoms with Crippen molar-refractivity contribution >= 4 is 23.3 Å². The summed E-state index contributed by atoms with van der Waals surface area (Å²) in [6.07, 6.45) is 6.21. The fourth-order valence-corrected chi connectivity index (χ4v) is 5.68. The SMILES string of the molecule is Cc1noc(C)c1NC(=O)Nc1cccc2c1O[C@@H](CN(C)CC1CCCCC1)[C@@H](C)CN([C@H](C)CO)C2=O. The molecule has 2 heterocycles. The number of likely N-dealkylation sites (N-methyl/N-ethyl adjacent to an activating group) is 1. The molecule has 2 aliphatic rings. The molecule has 10 nitrogen and oxygen atoms in total. The maximum atomic E-state index is 13.7. The van der Waals surface area contributed by atoms with Crippen LogP contribution in [0, 0.1) is 25.7 Å². The first-order chi connectivity index (χ1) is 18.7. The molecular formula is C29H43N5O5. The van der Waals surface area contributed by atoms with E-state index < -0.39 is 6.03 Å². The van der Waals surface area contributed by atoms with Gasteiger partial charge in [-0.3, -0.25) is 4.79 Å². The highest BCUT2D eigenvalue weighted by molar-refractivity contribution is 6.04. The van der Waals surface area contributed by atoms with Crippen molar-refractivity contribution in [2.45, 2.75) is 71.9 Å². The number of hydrogen-bond acceptors (Lipinski definition) is 7. The molecule has 2 aromatic rings. The van der Waals surface area contributed by atoms with Gasteiger partial charge in [0.1, 0.15) is 17.5 Å². The predicted octanol–water partition coefficient (Wildman–Crippen LogP) is 4.67. The first-order valence-electron chi connectivity index (χ1n) is 14.1. The molecule has 0 spiro atoms. The first kappa shape index (κ1) is 28.9. The van der Waals surface area contributed by atoms with Crippen molar-refractivity contribution < 1.29 is 24.0 Å². The summed E-state index contributed by atoms with van der Waals surface area (Å²) in [5, 5.41) is 19.5. The Morgan fingerprint density at radius 3 is 2.62 bits per heavy atom. The van der Waals surface area contributed by atoms with Crippen LogP contribution in [-0.2, 0) is 0 Å². The van der Waals surface area contributed by atoms with Gasteiger partial charge >= 0.3 is 6.03 Å². The monoisotopic (exact) mass is 541 g/mol. The second kappa shape index (κ2) is 12.8. The molecule has 1 fully saturated rings. The lowest BCUT2D eigenvalue weighted by Gasteiger charge is -2.39. The first-order valence-corrected chi connectivity index (χ1v) is 14.1. The second-order valence-corrected chi connectivity index (χ2v) is 11.3. The molecule has 3 N–H and O–H groups in total. The van der Waals surface area contributed by atoms with Crippen LogP contribution in [0.4, 0.5) is 16.2 Å². The number of para-hydroxylation sites is 1. The summed E-state index contributed by atoms with van der Waals surface area (Å²) in [7, 11) is 2.13. The van der Waals surface area contributed by atoms with Gasteiger partial charge in [-0.1, -0.05) is 37.4 Å². The van der Waals surface area contributed by atoms with E-state index in [9.17, 15) is 14.7 Å². The standard InChI is InChI=1S/C29H43N5O5/c1-18-14-34(19(2)17-35)28(36)23-12-9-13-24(30-29(37)31-26-20(3)32-39-21(26)4)27(23)38-25(18)16-33(5)15-22-10-7-6-8-11-22/h9,12-13,18-19,22,25,35H,6-8,10-11,14-17H2,1-5H3,(H2,30,31,37)/t18-,19+,25-/m0/s1. The number of anilines is 2. The zero-order chi connectivity index (χ0) is 28.1. The lowest BCUT2D eigenvalue weighted by molar-refractivity contribution is 0.0333. The Morgan fingerprint density at radius 2 is 1.95 bits per heavy atom. The topological polar surface area (TPSA) is 120 Å². The molecule has 1 aliphatic carbocycles. The van der Waals surface area contributed by atoms with Crippen LogP contribution in [0.15, 0.2) is 22.7 Å². The van der Waals surface area contributed by atoms with Gasteiger partial charge < -0.3 is 34.8 Å². The molecule has 1 aromatic carbocycles. The zero-order valence-electron chi connectivity index (χ0n) is 23.8. The molecule has 1 aliphatic heterocycles. The Hall–Kier alpha value is -3.11. The van der Waals surface area contributed by atoms with Crippen LogP contribution in [0.2, 0.25) is 0 Å². The fourth-order valence-electron chi connectivity index (χ4n) is 5.68. The summed E-state index contributed by atoms with van der Waals surface area (Å²) < 4.78 is 11.8. The van der Waals surface area contributed by atoms with Gasteiger partial charge in [-0.15, -0.1) is 0 Å². The number of carbonyl (C=O) groups excluding carboxylic acids is 2. The van der Waals surface area contributed by atoms with Crippen LogP contribution in [0.1, 0.15) is 67.8 Å². The Morgan fingerprint density at radius 1 is 1.21 bits per heavy atom. The highest BCUT2D eigenvalue weighted by atomic mass is 16.5. The van der Waals surface area contributed by atoms with Crippen LogP contribution in [0.25, 0.3) is 0 Å². The largest absolute Gasteiger partial charge is 0.486 e. The van der Waals surface area contributed by atoms with Gasteiger partial charge in [-0.2, -0.15) is 0 Å². The summed E-state index contributed by atoms with van der Waals surface area (Å²) in [6, 6.07) is 4.32. The number of fused-ring (bicyclic) bond motifs is 1. The maximum Gasteiger partial charge on any atom is 0.323 e. The van der Waals surface area contributed by atoms with Crippen LogP contribution < -0.4 is 15.4 Å². The summed E-state index contributed by atoms with van der Waals surface area (Å²) in [5.74, 6) is 1.30. The fraction of sp³-hybridized carbons (Fsp3) is 0.621. The maximum absolute atomic E-state index is 13.7. The van der Waals surface area contributed by atoms with E-state index in [1.807, 2.05) is 6.92 Å². The summed E-state index contributed by atoms with van der Waals surface area (Å²) >= 11 is 0. The number of amides is 3. The Bertz CT molecular complexity index is 1130. The Kier molecular flexibility index (Phi) is 9.50. The van der Waals surface area contributed by atoms with Crippen molar-refractivity contribution in [2.24, 2.45) is 11.8 Å². The van der Waals surface area contributed by atoms with Crippen molar-refractivity contribution in [1.82, 2.24) is 15.0 Å². The predicted molar refractivity (Wildman–Crippen MR) is 150 cm³/mol. The number of carbonyl (C=O) groups is 2. The van der Waals surface area contributed by atoms with E-state index in [0.717, 1.165) is 6.54 Å². The van der Waals surface area contributed by atoms with Crippen molar-refractivity contribution in [3.8, 4) is 5.75 Å². The van der Waals surface area contributed by atoms with E-state index in [0.29, 0.717) is 53.1 Å². The van der Waals surface area contributed by atoms with Crippen molar-refractivity contribution in [3.63, 3.8) is 0 Å². The van der Waals surface area contributed by atoms with Gasteiger partial charge in [0.05, 0.1) is 23.9 Å². The zero-order valence-corrected chi connectivity index (χ0v) is 23.8. The van der Waals surface area contributed by atoms with E-state index in [1.165, 1.54) is 32.1 Å². The third-order valence-corrected chi connectivity index (χ3v) is 8.00. The van der Waals surface area contributed by atoms with Crippen LogP contribution in [0.3, 0.4) is 0 Å².